The van der Waals surface area contributed by atoms with Gasteiger partial charge in [-0.15, -0.1) is 0 Å². The van der Waals surface area contributed by atoms with E-state index in [0.717, 1.165) is 0 Å². The van der Waals surface area contributed by atoms with E-state index in [9.17, 15) is 9.00 Å². The second kappa shape index (κ2) is 3.06. The molecular formula is C8H16N2O2S. The molecule has 0 aromatic heterocycles. The first kappa shape index (κ1) is 10.7. The third kappa shape index (κ3) is 2.51. The zero-order chi connectivity index (χ0) is 10.3. The van der Waals surface area contributed by atoms with Gasteiger partial charge in [-0.05, 0) is 0 Å². The fraction of sp³-hybridized carbons (Fsp3) is 0.875. The normalized spacial score (nSPS) is 33.7. The minimum absolute atomic E-state index is 0.0379. The van der Waals surface area contributed by atoms with Gasteiger partial charge in [0.1, 0.15) is 0 Å². The summed E-state index contributed by atoms with van der Waals surface area (Å²) in [6, 6.07) is -0.0379. The Bertz CT molecular complexity index is 323. The first-order valence-corrected chi connectivity index (χ1v) is 6.11. The molecule has 0 atom stereocenters. The van der Waals surface area contributed by atoms with E-state index in [-0.39, 0.29) is 11.9 Å². The van der Waals surface area contributed by atoms with Crippen molar-refractivity contribution < 1.29 is 9.00 Å². The molecule has 4 nitrogen and oxygen atoms in total. The molecule has 1 rings (SSSR count). The highest BCUT2D eigenvalue weighted by Crippen LogP contribution is 2.20. The zero-order valence-corrected chi connectivity index (χ0v) is 9.06. The van der Waals surface area contributed by atoms with Crippen LogP contribution in [-0.4, -0.2) is 27.7 Å². The predicted octanol–water partition coefficient (Wildman–Crippen LogP) is 0.368. The van der Waals surface area contributed by atoms with Crippen LogP contribution in [-0.2, 0) is 14.5 Å². The van der Waals surface area contributed by atoms with Crippen LogP contribution in [0.15, 0.2) is 4.36 Å². The van der Waals surface area contributed by atoms with E-state index < -0.39 is 15.1 Å². The molecule has 0 saturated carbocycles. The summed E-state index contributed by atoms with van der Waals surface area (Å²) in [4.78, 5) is 11.4. The highest BCUT2D eigenvalue weighted by atomic mass is 32.2. The Kier molecular flexibility index (Phi) is 2.51. The summed E-state index contributed by atoms with van der Waals surface area (Å²) in [5.41, 5.74) is 4.95. The molecule has 0 aromatic carbocycles. The highest BCUT2D eigenvalue weighted by molar-refractivity contribution is 7.95. The molecule has 1 amide bonds. The van der Waals surface area contributed by atoms with E-state index in [2.05, 4.69) is 4.36 Å². The minimum atomic E-state index is -2.27. The van der Waals surface area contributed by atoms with Crippen molar-refractivity contribution in [2.24, 2.45) is 15.5 Å². The van der Waals surface area contributed by atoms with E-state index in [1.165, 1.54) is 0 Å². The van der Waals surface area contributed by atoms with Crippen molar-refractivity contribution in [3.8, 4) is 0 Å². The molecule has 0 unspecified atom stereocenters. The van der Waals surface area contributed by atoms with Crippen molar-refractivity contribution in [1.82, 2.24) is 0 Å². The lowest BCUT2D eigenvalue weighted by atomic mass is 9.96. The predicted molar refractivity (Wildman–Crippen MR) is 52.7 cm³/mol. The topological polar surface area (TPSA) is 72.5 Å². The van der Waals surface area contributed by atoms with Gasteiger partial charge in [0, 0.05) is 23.0 Å². The summed E-state index contributed by atoms with van der Waals surface area (Å²) in [5, 5.41) is 0. The summed E-state index contributed by atoms with van der Waals surface area (Å²) in [6.07, 6.45) is 0. The monoisotopic (exact) mass is 204 g/mol. The molecule has 5 heteroatoms. The second-order valence-electron chi connectivity index (χ2n) is 4.51. The van der Waals surface area contributed by atoms with E-state index in [0.29, 0.717) is 11.5 Å². The molecule has 76 valence electrons. The molecule has 13 heavy (non-hydrogen) atoms. The van der Waals surface area contributed by atoms with Gasteiger partial charge in [-0.2, -0.15) is 4.36 Å². The molecule has 1 aliphatic heterocycles. The van der Waals surface area contributed by atoms with Crippen LogP contribution in [0.3, 0.4) is 0 Å². The standard InChI is InChI=1S/C8H16N2O2S/c1-8(2,3)7(11)10-13(12)4-6(9)5-13/h6H,4-5,9H2,1-3H3. The maximum atomic E-state index is 11.6. The largest absolute Gasteiger partial charge is 0.326 e. The fourth-order valence-corrected chi connectivity index (χ4v) is 2.95. The summed E-state index contributed by atoms with van der Waals surface area (Å²) >= 11 is 0. The third-order valence-corrected chi connectivity index (χ3v) is 4.24. The van der Waals surface area contributed by atoms with Crippen LogP contribution < -0.4 is 5.73 Å². The number of hydrogen-bond acceptors (Lipinski definition) is 3. The van der Waals surface area contributed by atoms with Crippen LogP contribution in [0, 0.1) is 5.41 Å². The van der Waals surface area contributed by atoms with Gasteiger partial charge in [-0.3, -0.25) is 4.79 Å². The van der Waals surface area contributed by atoms with Crippen LogP contribution >= 0.6 is 0 Å². The van der Waals surface area contributed by atoms with Crippen LogP contribution in [0.2, 0.25) is 0 Å². The van der Waals surface area contributed by atoms with Gasteiger partial charge < -0.3 is 5.73 Å². The Balaban J connectivity index is 2.79. The Morgan fingerprint density at radius 2 is 1.92 bits per heavy atom. The molecule has 1 fully saturated rings. The molecular weight excluding hydrogens is 188 g/mol. The first-order chi connectivity index (χ1) is 5.73. The van der Waals surface area contributed by atoms with E-state index in [1.54, 1.807) is 20.8 Å². The molecule has 0 spiro atoms. The Morgan fingerprint density at radius 3 is 2.23 bits per heavy atom. The average Bonchev–Trinajstić information content (AvgIpc) is 1.81. The quantitative estimate of drug-likeness (QED) is 0.619. The molecule has 0 aliphatic carbocycles. The molecule has 0 aromatic rings. The second-order valence-corrected chi connectivity index (χ2v) is 6.91. The molecule has 1 saturated heterocycles. The maximum Gasteiger partial charge on any atom is 0.259 e. The molecule has 0 radical (unpaired) electrons. The fourth-order valence-electron chi connectivity index (χ4n) is 0.983. The Hall–Kier alpha value is -0.420. The van der Waals surface area contributed by atoms with Gasteiger partial charge in [-0.25, -0.2) is 4.21 Å². The van der Waals surface area contributed by atoms with Crippen molar-refractivity contribution in [2.45, 2.75) is 26.8 Å². The van der Waals surface area contributed by atoms with Crippen LogP contribution in [0.25, 0.3) is 0 Å². The number of hydrogen-bond donors (Lipinski definition) is 1. The van der Waals surface area contributed by atoms with E-state index >= 15 is 0 Å². The summed E-state index contributed by atoms with van der Waals surface area (Å²) in [7, 11) is -2.27. The van der Waals surface area contributed by atoms with Crippen LogP contribution in [0.4, 0.5) is 0 Å². The number of amides is 1. The summed E-state index contributed by atoms with van der Waals surface area (Å²) in [5.74, 6) is 0.452. The SMILES string of the molecule is CC(C)(C)C(=O)N=S1(=O)CC(N)C1. The lowest BCUT2D eigenvalue weighted by molar-refractivity contribution is -0.124. The van der Waals surface area contributed by atoms with Gasteiger partial charge in [-0.1, -0.05) is 20.8 Å². The smallest absolute Gasteiger partial charge is 0.259 e. The third-order valence-electron chi connectivity index (χ3n) is 1.84. The average molecular weight is 204 g/mol. The molecule has 2 N–H and O–H groups in total. The van der Waals surface area contributed by atoms with Gasteiger partial charge in [0.25, 0.3) is 5.91 Å². The number of carbonyl (C=O) groups is 1. The molecule has 1 heterocycles. The van der Waals surface area contributed by atoms with Gasteiger partial charge in [0.2, 0.25) is 0 Å². The van der Waals surface area contributed by atoms with Crippen molar-refractivity contribution in [1.29, 1.82) is 0 Å². The zero-order valence-electron chi connectivity index (χ0n) is 8.24. The van der Waals surface area contributed by atoms with Gasteiger partial charge >= 0.3 is 0 Å². The Morgan fingerprint density at radius 1 is 1.46 bits per heavy atom. The van der Waals surface area contributed by atoms with Crippen molar-refractivity contribution >= 4 is 15.6 Å². The van der Waals surface area contributed by atoms with E-state index in [4.69, 9.17) is 5.73 Å². The van der Waals surface area contributed by atoms with Crippen molar-refractivity contribution in [2.75, 3.05) is 11.5 Å². The van der Waals surface area contributed by atoms with Gasteiger partial charge in [0.05, 0.1) is 9.73 Å². The van der Waals surface area contributed by atoms with Gasteiger partial charge in [0.15, 0.2) is 0 Å². The Labute approximate surface area is 79.1 Å². The molecule has 1 aliphatic rings. The maximum absolute atomic E-state index is 11.6. The lowest BCUT2D eigenvalue weighted by Crippen LogP contribution is -2.48. The number of nitrogens with zero attached hydrogens (tertiary/aromatic N) is 1. The van der Waals surface area contributed by atoms with Crippen molar-refractivity contribution in [3.63, 3.8) is 0 Å². The molecule has 0 bridgehead atoms. The van der Waals surface area contributed by atoms with Crippen molar-refractivity contribution in [3.05, 3.63) is 0 Å². The number of nitrogens with two attached hydrogens (primary N) is 1. The lowest BCUT2D eigenvalue weighted by Gasteiger charge is -2.26. The minimum Gasteiger partial charge on any atom is -0.326 e. The number of carbonyl (C=O) groups excluding carboxylic acids is 1. The highest BCUT2D eigenvalue weighted by Gasteiger charge is 2.31. The van der Waals surface area contributed by atoms with Crippen LogP contribution in [0.1, 0.15) is 20.8 Å². The van der Waals surface area contributed by atoms with Crippen LogP contribution in [0.5, 0.6) is 0 Å². The van der Waals surface area contributed by atoms with E-state index in [1.807, 2.05) is 0 Å². The summed E-state index contributed by atoms with van der Waals surface area (Å²) in [6.45, 7) is 5.29. The summed E-state index contributed by atoms with van der Waals surface area (Å²) < 4.78 is 15.4. The number of rotatable bonds is 0. The first-order valence-electron chi connectivity index (χ1n) is 4.25.